The molecule has 0 N–H and O–H groups in total. The van der Waals surface area contributed by atoms with Crippen LogP contribution in [0.1, 0.15) is 39.4 Å². The van der Waals surface area contributed by atoms with E-state index in [1.165, 1.54) is 11.1 Å². The number of Topliss-reactive ketones (excluding diaryl/α,β-unsaturated/α-hetero) is 1. The molecule has 2 aromatic carbocycles. The minimum absolute atomic E-state index is 0.00944. The van der Waals surface area contributed by atoms with Gasteiger partial charge in [0.2, 0.25) is 0 Å². The molecule has 1 unspecified atom stereocenters. The molecular weight excluding hydrogens is 360 g/mol. The Hall–Kier alpha value is -2.98. The van der Waals surface area contributed by atoms with Crippen LogP contribution in [0.25, 0.3) is 0 Å². The Kier molecular flexibility index (Phi) is 7.14. The maximum absolute atomic E-state index is 13.0. The molecule has 0 aliphatic heterocycles. The number of likely N-dealkylation sites (N-methyl/N-ethyl adjacent to an activating group) is 1. The van der Waals surface area contributed by atoms with E-state index in [1.54, 1.807) is 31.6 Å². The van der Waals surface area contributed by atoms with Crippen LogP contribution in [0, 0.1) is 6.92 Å². The van der Waals surface area contributed by atoms with Crippen LogP contribution in [0.2, 0.25) is 0 Å². The Labute approximate surface area is 173 Å². The van der Waals surface area contributed by atoms with E-state index in [1.807, 2.05) is 12.1 Å². The van der Waals surface area contributed by atoms with E-state index in [4.69, 9.17) is 4.74 Å². The van der Waals surface area contributed by atoms with E-state index in [2.05, 4.69) is 60.3 Å². The number of hydrogen-bond acceptors (Lipinski definition) is 4. The first-order chi connectivity index (χ1) is 14.1. The summed E-state index contributed by atoms with van der Waals surface area (Å²) in [7, 11) is 3.77. The first-order valence-corrected chi connectivity index (χ1v) is 9.89. The van der Waals surface area contributed by atoms with Gasteiger partial charge in [-0.2, -0.15) is 0 Å². The van der Waals surface area contributed by atoms with E-state index in [0.29, 0.717) is 18.6 Å². The third-order valence-electron chi connectivity index (χ3n) is 5.32. The maximum atomic E-state index is 13.0. The van der Waals surface area contributed by atoms with Crippen molar-refractivity contribution in [2.75, 3.05) is 32.2 Å². The van der Waals surface area contributed by atoms with E-state index < -0.39 is 0 Å². The zero-order chi connectivity index (χ0) is 20.6. The minimum atomic E-state index is 0.00944. The molecule has 0 amide bonds. The molecule has 1 heterocycles. The number of aromatic nitrogens is 1. The van der Waals surface area contributed by atoms with Crippen LogP contribution < -0.4 is 4.90 Å². The van der Waals surface area contributed by atoms with E-state index in [-0.39, 0.29) is 11.7 Å². The molecule has 1 atom stereocenters. The Morgan fingerprint density at radius 2 is 1.72 bits per heavy atom. The minimum Gasteiger partial charge on any atom is -0.383 e. The topological polar surface area (TPSA) is 42.4 Å². The van der Waals surface area contributed by atoms with Gasteiger partial charge in [-0.3, -0.25) is 9.78 Å². The summed E-state index contributed by atoms with van der Waals surface area (Å²) in [5.74, 6) is 0.136. The second-order valence-electron chi connectivity index (χ2n) is 7.28. The summed E-state index contributed by atoms with van der Waals surface area (Å²) in [5, 5.41) is 0. The van der Waals surface area contributed by atoms with Gasteiger partial charge in [0, 0.05) is 56.7 Å². The van der Waals surface area contributed by atoms with Gasteiger partial charge in [-0.25, -0.2) is 0 Å². The predicted molar refractivity (Wildman–Crippen MR) is 118 cm³/mol. The second-order valence-corrected chi connectivity index (χ2v) is 7.28. The Morgan fingerprint density at radius 3 is 2.38 bits per heavy atom. The quantitative estimate of drug-likeness (QED) is 0.490. The van der Waals surface area contributed by atoms with Gasteiger partial charge in [0.25, 0.3) is 0 Å². The van der Waals surface area contributed by atoms with Crippen molar-refractivity contribution in [3.8, 4) is 0 Å². The van der Waals surface area contributed by atoms with Crippen molar-refractivity contribution in [2.24, 2.45) is 0 Å². The van der Waals surface area contributed by atoms with Crippen molar-refractivity contribution in [3.05, 3.63) is 95.3 Å². The van der Waals surface area contributed by atoms with Crippen molar-refractivity contribution >= 4 is 11.5 Å². The van der Waals surface area contributed by atoms with Gasteiger partial charge < -0.3 is 9.64 Å². The highest BCUT2D eigenvalue weighted by atomic mass is 16.5. The second kappa shape index (κ2) is 9.99. The molecule has 29 heavy (non-hydrogen) atoms. The average molecular weight is 389 g/mol. The lowest BCUT2D eigenvalue weighted by molar-refractivity contribution is 0.0977. The van der Waals surface area contributed by atoms with Crippen molar-refractivity contribution in [1.29, 1.82) is 0 Å². The van der Waals surface area contributed by atoms with E-state index in [9.17, 15) is 4.79 Å². The lowest BCUT2D eigenvalue weighted by atomic mass is 9.84. The molecule has 0 fully saturated rings. The molecule has 0 spiro atoms. The van der Waals surface area contributed by atoms with Crippen molar-refractivity contribution < 1.29 is 9.53 Å². The van der Waals surface area contributed by atoms with Crippen molar-refractivity contribution in [3.63, 3.8) is 0 Å². The summed E-state index contributed by atoms with van der Waals surface area (Å²) in [6, 6.07) is 20.4. The molecular formula is C25H28N2O2. The Balaban J connectivity index is 1.89. The van der Waals surface area contributed by atoms with Crippen molar-refractivity contribution in [1.82, 2.24) is 4.98 Å². The summed E-state index contributed by atoms with van der Waals surface area (Å²) in [6.45, 7) is 3.62. The van der Waals surface area contributed by atoms with Gasteiger partial charge in [-0.1, -0.05) is 36.4 Å². The normalized spacial score (nSPS) is 11.8. The standard InChI is InChI=1S/C25H28N2O2/c1-19-6-4-5-7-23(19)24(18-25(28)21-12-14-26-15-13-21)20-8-10-22(11-9-20)27(2)16-17-29-3/h4-15,24H,16-18H2,1-3H3. The van der Waals surface area contributed by atoms with E-state index in [0.717, 1.165) is 17.8 Å². The summed E-state index contributed by atoms with van der Waals surface area (Å²) in [4.78, 5) is 19.1. The number of rotatable bonds is 9. The zero-order valence-corrected chi connectivity index (χ0v) is 17.3. The van der Waals surface area contributed by atoms with Crippen LogP contribution in [0.4, 0.5) is 5.69 Å². The van der Waals surface area contributed by atoms with Gasteiger partial charge >= 0.3 is 0 Å². The van der Waals surface area contributed by atoms with Gasteiger partial charge in [-0.15, -0.1) is 0 Å². The fraction of sp³-hybridized carbons (Fsp3) is 0.280. The Morgan fingerprint density at radius 1 is 1.03 bits per heavy atom. The van der Waals surface area contributed by atoms with Gasteiger partial charge in [-0.05, 0) is 47.9 Å². The van der Waals surface area contributed by atoms with Crippen LogP contribution >= 0.6 is 0 Å². The summed E-state index contributed by atoms with van der Waals surface area (Å²) in [5.41, 5.74) is 5.37. The largest absolute Gasteiger partial charge is 0.383 e. The third kappa shape index (κ3) is 5.30. The molecule has 0 aliphatic carbocycles. The number of pyridine rings is 1. The number of methoxy groups -OCH3 is 1. The fourth-order valence-corrected chi connectivity index (χ4v) is 3.54. The number of ketones is 1. The smallest absolute Gasteiger partial charge is 0.163 e. The molecule has 3 rings (SSSR count). The number of nitrogens with zero attached hydrogens (tertiary/aromatic N) is 2. The van der Waals surface area contributed by atoms with Crippen LogP contribution in [0.3, 0.4) is 0 Å². The molecule has 150 valence electrons. The first kappa shape index (κ1) is 20.7. The SMILES string of the molecule is COCCN(C)c1ccc(C(CC(=O)c2ccncc2)c2ccccc2C)cc1. The number of hydrogen-bond donors (Lipinski definition) is 0. The molecule has 4 heteroatoms. The highest BCUT2D eigenvalue weighted by Crippen LogP contribution is 2.32. The summed E-state index contributed by atoms with van der Waals surface area (Å²) < 4.78 is 5.17. The number of ether oxygens (including phenoxy) is 1. The number of aryl methyl sites for hydroxylation is 1. The summed E-state index contributed by atoms with van der Waals surface area (Å²) >= 11 is 0. The lowest BCUT2D eigenvalue weighted by Crippen LogP contribution is -2.22. The molecule has 3 aromatic rings. The molecule has 0 bridgehead atoms. The number of benzene rings is 2. The maximum Gasteiger partial charge on any atom is 0.163 e. The van der Waals surface area contributed by atoms with Crippen LogP contribution in [-0.4, -0.2) is 38.1 Å². The third-order valence-corrected chi connectivity index (χ3v) is 5.32. The van der Waals surface area contributed by atoms with Gasteiger partial charge in [0.05, 0.1) is 6.61 Å². The molecule has 1 aromatic heterocycles. The number of carbonyl (C=O) groups is 1. The van der Waals surface area contributed by atoms with Gasteiger partial charge in [0.15, 0.2) is 5.78 Å². The van der Waals surface area contributed by atoms with Crippen molar-refractivity contribution in [2.45, 2.75) is 19.3 Å². The fourth-order valence-electron chi connectivity index (χ4n) is 3.54. The average Bonchev–Trinajstić information content (AvgIpc) is 2.77. The van der Waals surface area contributed by atoms with Crippen LogP contribution in [0.15, 0.2) is 73.1 Å². The van der Waals surface area contributed by atoms with Crippen LogP contribution in [-0.2, 0) is 4.74 Å². The predicted octanol–water partition coefficient (Wildman–Crippen LogP) is 4.88. The first-order valence-electron chi connectivity index (χ1n) is 9.89. The molecule has 0 saturated carbocycles. The number of carbonyl (C=O) groups excluding carboxylic acids is 1. The number of anilines is 1. The molecule has 0 radical (unpaired) electrons. The Bertz CT molecular complexity index is 923. The van der Waals surface area contributed by atoms with E-state index >= 15 is 0 Å². The van der Waals surface area contributed by atoms with Gasteiger partial charge in [0.1, 0.15) is 0 Å². The molecule has 0 saturated heterocycles. The summed E-state index contributed by atoms with van der Waals surface area (Å²) in [6.07, 6.45) is 3.76. The monoisotopic (exact) mass is 388 g/mol. The highest BCUT2D eigenvalue weighted by molar-refractivity contribution is 5.96. The van der Waals surface area contributed by atoms with Crippen LogP contribution in [0.5, 0.6) is 0 Å². The lowest BCUT2D eigenvalue weighted by Gasteiger charge is -2.22. The molecule has 0 aliphatic rings. The zero-order valence-electron chi connectivity index (χ0n) is 17.3. The highest BCUT2D eigenvalue weighted by Gasteiger charge is 2.21. The molecule has 4 nitrogen and oxygen atoms in total.